The van der Waals surface area contributed by atoms with Gasteiger partial charge in [0.05, 0.1) is 17.7 Å². The van der Waals surface area contributed by atoms with Gasteiger partial charge in [-0.25, -0.2) is 0 Å². The molecule has 3 aromatic rings. The van der Waals surface area contributed by atoms with Crippen LogP contribution in [0.3, 0.4) is 0 Å². The number of aliphatic imine (C=N–C) groups is 1. The van der Waals surface area contributed by atoms with Gasteiger partial charge in [-0.2, -0.15) is 0 Å². The molecule has 0 aromatic heterocycles. The van der Waals surface area contributed by atoms with Gasteiger partial charge >= 0.3 is 0 Å². The van der Waals surface area contributed by atoms with Gasteiger partial charge < -0.3 is 15.2 Å². The first-order chi connectivity index (χ1) is 13.0. The first-order valence-electron chi connectivity index (χ1n) is 8.06. The van der Waals surface area contributed by atoms with Crippen LogP contribution >= 0.6 is 0 Å². The van der Waals surface area contributed by atoms with Crippen LogP contribution in [0.2, 0.25) is 0 Å². The summed E-state index contributed by atoms with van der Waals surface area (Å²) in [6.45, 7) is 0. The number of ether oxygens (including phenoxy) is 1. The number of nitrogens with one attached hydrogen (secondary N) is 1. The van der Waals surface area contributed by atoms with E-state index >= 15 is 0 Å². The van der Waals surface area contributed by atoms with E-state index in [4.69, 9.17) is 4.74 Å². The number of anilines is 2. The molecule has 136 valence electrons. The summed E-state index contributed by atoms with van der Waals surface area (Å²) in [5.74, 6) is 0.464. The molecule has 0 aliphatic heterocycles. The average Bonchev–Trinajstić information content (AvgIpc) is 2.69. The normalized spacial score (nSPS) is 10.7. The molecule has 0 heterocycles. The summed E-state index contributed by atoms with van der Waals surface area (Å²) in [5, 5.41) is 25.8. The van der Waals surface area contributed by atoms with E-state index < -0.39 is 4.92 Å². The Morgan fingerprint density at radius 1 is 1.00 bits per heavy atom. The summed E-state index contributed by atoms with van der Waals surface area (Å²) in [4.78, 5) is 14.5. The minimum Gasteiger partial charge on any atom is -0.872 e. The molecule has 0 amide bonds. The van der Waals surface area contributed by atoms with E-state index in [1.165, 1.54) is 24.4 Å². The number of nitrogens with zero attached hydrogens (tertiary/aromatic N) is 2. The van der Waals surface area contributed by atoms with Crippen molar-refractivity contribution < 1.29 is 14.8 Å². The summed E-state index contributed by atoms with van der Waals surface area (Å²) < 4.78 is 5.12. The van der Waals surface area contributed by atoms with Gasteiger partial charge in [0, 0.05) is 29.7 Å². The first-order valence-corrected chi connectivity index (χ1v) is 8.06. The van der Waals surface area contributed by atoms with Crippen LogP contribution in [0, 0.1) is 10.1 Å². The molecule has 0 saturated carbocycles. The molecule has 0 aliphatic carbocycles. The molecule has 0 radical (unpaired) electrons. The Kier molecular flexibility index (Phi) is 5.32. The molecule has 7 nitrogen and oxygen atoms in total. The van der Waals surface area contributed by atoms with Gasteiger partial charge in [-0.15, -0.1) is 0 Å². The fraction of sp³-hybridized carbons (Fsp3) is 0.0500. The molecule has 0 atom stereocenters. The number of nitro groups is 1. The topological polar surface area (TPSA) is 99.8 Å². The Hall–Kier alpha value is -3.87. The summed E-state index contributed by atoms with van der Waals surface area (Å²) in [7, 11) is 1.62. The van der Waals surface area contributed by atoms with Crippen molar-refractivity contribution in [1.29, 1.82) is 0 Å². The third-order valence-electron chi connectivity index (χ3n) is 3.80. The molecule has 27 heavy (non-hydrogen) atoms. The number of rotatable bonds is 6. The fourth-order valence-corrected chi connectivity index (χ4v) is 2.37. The lowest BCUT2D eigenvalue weighted by atomic mass is 10.2. The molecular weight excluding hydrogens is 346 g/mol. The number of hydrogen-bond donors (Lipinski definition) is 1. The maximum atomic E-state index is 11.8. The van der Waals surface area contributed by atoms with Gasteiger partial charge in [-0.05, 0) is 54.1 Å². The van der Waals surface area contributed by atoms with E-state index in [1.54, 1.807) is 19.2 Å². The van der Waals surface area contributed by atoms with Crippen molar-refractivity contribution in [2.45, 2.75) is 0 Å². The fourth-order valence-electron chi connectivity index (χ4n) is 2.37. The summed E-state index contributed by atoms with van der Waals surface area (Å²) in [5.41, 5.74) is 2.44. The molecule has 7 heteroatoms. The quantitative estimate of drug-likeness (QED) is 0.403. The van der Waals surface area contributed by atoms with E-state index in [9.17, 15) is 15.2 Å². The minimum absolute atomic E-state index is 0.143. The highest BCUT2D eigenvalue weighted by atomic mass is 16.6. The minimum atomic E-state index is -0.545. The molecule has 0 fully saturated rings. The van der Waals surface area contributed by atoms with Crippen molar-refractivity contribution >= 4 is 29.0 Å². The van der Waals surface area contributed by atoms with Crippen LogP contribution in [0.25, 0.3) is 0 Å². The summed E-state index contributed by atoms with van der Waals surface area (Å²) in [6, 6.07) is 18.4. The van der Waals surface area contributed by atoms with Crippen molar-refractivity contribution in [3.8, 4) is 11.5 Å². The number of methoxy groups -OCH3 is 1. The van der Waals surface area contributed by atoms with Crippen LogP contribution in [0.4, 0.5) is 22.7 Å². The smallest absolute Gasteiger partial charge is 0.270 e. The number of nitro benzene ring substituents is 1. The summed E-state index contributed by atoms with van der Waals surface area (Å²) in [6.07, 6.45) is 1.33. The predicted octanol–water partition coefficient (Wildman–Crippen LogP) is 4.17. The van der Waals surface area contributed by atoms with Crippen molar-refractivity contribution in [1.82, 2.24) is 0 Å². The second-order valence-corrected chi connectivity index (χ2v) is 5.64. The van der Waals surface area contributed by atoms with Crippen LogP contribution in [0.15, 0.2) is 71.7 Å². The maximum absolute atomic E-state index is 11.8. The summed E-state index contributed by atoms with van der Waals surface area (Å²) >= 11 is 0. The van der Waals surface area contributed by atoms with E-state index in [0.29, 0.717) is 5.69 Å². The van der Waals surface area contributed by atoms with Crippen LogP contribution < -0.4 is 15.2 Å². The monoisotopic (exact) mass is 362 g/mol. The van der Waals surface area contributed by atoms with Gasteiger partial charge in [-0.3, -0.25) is 15.1 Å². The zero-order valence-corrected chi connectivity index (χ0v) is 14.5. The highest BCUT2D eigenvalue weighted by Gasteiger charge is 2.05. The SMILES string of the molecule is COc1ccc(Nc2ccc(N=Cc3cc([N+](=O)[O-])ccc3[O-])cc2)cc1. The molecule has 3 aromatic carbocycles. The molecule has 0 spiro atoms. The third-order valence-corrected chi connectivity index (χ3v) is 3.80. The Bertz CT molecular complexity index is 968. The van der Waals surface area contributed by atoms with Gasteiger partial charge in [-0.1, -0.05) is 11.8 Å². The second-order valence-electron chi connectivity index (χ2n) is 5.64. The molecule has 0 aliphatic rings. The van der Waals surface area contributed by atoms with Crippen LogP contribution in [-0.2, 0) is 0 Å². The highest BCUT2D eigenvalue weighted by molar-refractivity contribution is 5.86. The molecule has 3 rings (SSSR count). The van der Waals surface area contributed by atoms with E-state index in [1.807, 2.05) is 36.4 Å². The first kappa shape index (κ1) is 17.9. The molecular formula is C20H16N3O4-. The Balaban J connectivity index is 1.71. The molecule has 0 saturated heterocycles. The van der Waals surface area contributed by atoms with Gasteiger partial charge in [0.15, 0.2) is 0 Å². The van der Waals surface area contributed by atoms with Crippen molar-refractivity contribution in [3.63, 3.8) is 0 Å². The largest absolute Gasteiger partial charge is 0.872 e. The lowest BCUT2D eigenvalue weighted by Crippen LogP contribution is -1.98. The van der Waals surface area contributed by atoms with Crippen molar-refractivity contribution in [2.75, 3.05) is 12.4 Å². The average molecular weight is 362 g/mol. The van der Waals surface area contributed by atoms with Crippen molar-refractivity contribution in [3.05, 3.63) is 82.4 Å². The number of non-ortho nitro benzene ring substituents is 1. The van der Waals surface area contributed by atoms with Crippen LogP contribution in [0.5, 0.6) is 11.5 Å². The van der Waals surface area contributed by atoms with E-state index in [2.05, 4.69) is 10.3 Å². The molecule has 1 N–H and O–H groups in total. The second kappa shape index (κ2) is 8.01. The predicted molar refractivity (Wildman–Crippen MR) is 103 cm³/mol. The Morgan fingerprint density at radius 3 is 2.22 bits per heavy atom. The van der Waals surface area contributed by atoms with Crippen LogP contribution in [0.1, 0.15) is 5.56 Å². The maximum Gasteiger partial charge on any atom is 0.270 e. The lowest BCUT2D eigenvalue weighted by molar-refractivity contribution is -0.385. The number of hydrogen-bond acceptors (Lipinski definition) is 6. The Morgan fingerprint density at radius 2 is 1.63 bits per heavy atom. The van der Waals surface area contributed by atoms with Crippen LogP contribution in [-0.4, -0.2) is 18.2 Å². The van der Waals surface area contributed by atoms with Gasteiger partial charge in [0.25, 0.3) is 5.69 Å². The zero-order valence-electron chi connectivity index (χ0n) is 14.5. The number of benzene rings is 3. The van der Waals surface area contributed by atoms with Crippen molar-refractivity contribution in [2.24, 2.45) is 4.99 Å². The molecule has 0 bridgehead atoms. The zero-order chi connectivity index (χ0) is 19.2. The standard InChI is InChI=1S/C20H17N3O4/c1-27-19-9-6-17(7-10-19)22-16-4-2-15(3-5-16)21-13-14-12-18(23(25)26)8-11-20(14)24/h2-13,22,24H,1H3/p-1. The Labute approximate surface area is 155 Å². The van der Waals surface area contributed by atoms with E-state index in [-0.39, 0.29) is 17.0 Å². The lowest BCUT2D eigenvalue weighted by Gasteiger charge is -2.09. The highest BCUT2D eigenvalue weighted by Crippen LogP contribution is 2.23. The van der Waals surface area contributed by atoms with E-state index in [0.717, 1.165) is 17.1 Å². The van der Waals surface area contributed by atoms with Gasteiger partial charge in [0.2, 0.25) is 0 Å². The third kappa shape index (κ3) is 4.60. The molecule has 0 unspecified atom stereocenters. The van der Waals surface area contributed by atoms with Gasteiger partial charge in [0.1, 0.15) is 5.75 Å².